The van der Waals surface area contributed by atoms with Crippen LogP contribution in [0.5, 0.6) is 0 Å². The number of H-pyrrole nitrogens is 1. The van der Waals surface area contributed by atoms with E-state index in [9.17, 15) is 9.90 Å². The molecule has 1 amide bonds. The quantitative estimate of drug-likeness (QED) is 0.786. The van der Waals surface area contributed by atoms with Crippen molar-refractivity contribution in [3.63, 3.8) is 0 Å². The fourth-order valence-electron chi connectivity index (χ4n) is 3.27. The van der Waals surface area contributed by atoms with Crippen LogP contribution >= 0.6 is 0 Å². The summed E-state index contributed by atoms with van der Waals surface area (Å²) in [5.41, 5.74) is 3.60. The van der Waals surface area contributed by atoms with Crippen molar-refractivity contribution in [3.05, 3.63) is 58.9 Å². The summed E-state index contributed by atoms with van der Waals surface area (Å²) >= 11 is 0. The van der Waals surface area contributed by atoms with Crippen molar-refractivity contribution in [2.45, 2.75) is 24.9 Å². The number of hydrogen-bond acceptors (Lipinski definition) is 3. The van der Waals surface area contributed by atoms with E-state index < -0.39 is 5.54 Å². The van der Waals surface area contributed by atoms with Crippen LogP contribution in [0.3, 0.4) is 0 Å². The normalized spacial score (nSPS) is 19.6. The molecule has 1 atom stereocenters. The van der Waals surface area contributed by atoms with Crippen molar-refractivity contribution in [1.29, 1.82) is 0 Å². The molecule has 0 radical (unpaired) electrons. The number of rotatable bonds is 5. The Morgan fingerprint density at radius 3 is 2.83 bits per heavy atom. The topological polar surface area (TPSA) is 68.4 Å². The smallest absolute Gasteiger partial charge is 0.269 e. The molecule has 0 fully saturated rings. The van der Waals surface area contributed by atoms with E-state index in [0.717, 1.165) is 18.5 Å². The molecule has 1 aliphatic carbocycles. The molecule has 0 saturated carbocycles. The molecular weight excluding hydrogens is 290 g/mol. The molecule has 3 rings (SSSR count). The van der Waals surface area contributed by atoms with Gasteiger partial charge in [-0.1, -0.05) is 24.3 Å². The molecule has 3 N–H and O–H groups in total. The van der Waals surface area contributed by atoms with Crippen molar-refractivity contribution in [1.82, 2.24) is 15.2 Å². The number of nitrogens with one attached hydrogen (secondary N) is 2. The molecule has 0 spiro atoms. The zero-order chi connectivity index (χ0) is 16.4. The first-order valence-corrected chi connectivity index (χ1v) is 7.89. The highest BCUT2D eigenvalue weighted by molar-refractivity contribution is 5.92. The van der Waals surface area contributed by atoms with Crippen LogP contribution in [-0.4, -0.2) is 41.6 Å². The van der Waals surface area contributed by atoms with Gasteiger partial charge in [-0.25, -0.2) is 0 Å². The fraction of sp³-hybridized carbons (Fsp3) is 0.389. The second-order valence-corrected chi connectivity index (χ2v) is 6.35. The zero-order valence-corrected chi connectivity index (χ0v) is 13.6. The minimum Gasteiger partial charge on any atom is -0.394 e. The third kappa shape index (κ3) is 2.90. The standard InChI is InChI=1S/C18H23N3O2/c1-21(2)17(23)16-8-7-14(20-16)11-19-18(12-22)10-9-13-5-3-4-6-15(13)18/h3-8,19-20,22H,9-12H2,1-2H3. The van der Waals surface area contributed by atoms with Gasteiger partial charge in [-0.05, 0) is 36.1 Å². The summed E-state index contributed by atoms with van der Waals surface area (Å²) in [5.74, 6) is -0.0423. The number of nitrogens with zero attached hydrogens (tertiary/aromatic N) is 1. The number of hydrogen-bond donors (Lipinski definition) is 3. The number of aromatic amines is 1. The van der Waals surface area contributed by atoms with Crippen LogP contribution in [0.4, 0.5) is 0 Å². The Hall–Kier alpha value is -2.11. The second kappa shape index (κ2) is 6.18. The minimum absolute atomic E-state index is 0.0423. The maximum atomic E-state index is 11.9. The molecule has 122 valence electrons. The van der Waals surface area contributed by atoms with E-state index in [0.29, 0.717) is 12.2 Å². The number of fused-ring (bicyclic) bond motifs is 1. The molecule has 2 aromatic rings. The van der Waals surface area contributed by atoms with Crippen LogP contribution in [-0.2, 0) is 18.5 Å². The number of aliphatic hydroxyl groups is 1. The van der Waals surface area contributed by atoms with Crippen molar-refractivity contribution >= 4 is 5.91 Å². The van der Waals surface area contributed by atoms with E-state index in [1.54, 1.807) is 25.1 Å². The Morgan fingerprint density at radius 1 is 1.30 bits per heavy atom. The van der Waals surface area contributed by atoms with Crippen LogP contribution in [0, 0.1) is 0 Å². The number of benzene rings is 1. The van der Waals surface area contributed by atoms with Crippen LogP contribution in [0.1, 0.15) is 33.7 Å². The Kier molecular flexibility index (Phi) is 4.24. The SMILES string of the molecule is CN(C)C(=O)c1ccc(CNC2(CO)CCc3ccccc32)[nH]1. The summed E-state index contributed by atoms with van der Waals surface area (Å²) in [6.45, 7) is 0.643. The highest BCUT2D eigenvalue weighted by Crippen LogP contribution is 2.36. The lowest BCUT2D eigenvalue weighted by Gasteiger charge is -2.29. The third-order valence-electron chi connectivity index (χ3n) is 4.62. The minimum atomic E-state index is -0.395. The maximum absolute atomic E-state index is 11.9. The van der Waals surface area contributed by atoms with E-state index in [1.807, 2.05) is 18.2 Å². The molecule has 1 aliphatic rings. The van der Waals surface area contributed by atoms with Crippen LogP contribution in [0.25, 0.3) is 0 Å². The molecular formula is C18H23N3O2. The largest absolute Gasteiger partial charge is 0.394 e. The molecule has 1 aromatic heterocycles. The number of aryl methyl sites for hydroxylation is 1. The summed E-state index contributed by atoms with van der Waals surface area (Å²) in [6, 6.07) is 12.0. The van der Waals surface area contributed by atoms with Crippen LogP contribution in [0.15, 0.2) is 36.4 Å². The Morgan fingerprint density at radius 2 is 2.09 bits per heavy atom. The third-order valence-corrected chi connectivity index (χ3v) is 4.62. The number of carbonyl (C=O) groups is 1. The lowest BCUT2D eigenvalue weighted by Crippen LogP contribution is -2.43. The second-order valence-electron chi connectivity index (χ2n) is 6.35. The highest BCUT2D eigenvalue weighted by atomic mass is 16.3. The Labute approximate surface area is 136 Å². The first kappa shape index (κ1) is 15.8. The number of carbonyl (C=O) groups excluding carboxylic acids is 1. The van der Waals surface area contributed by atoms with Gasteiger partial charge in [0, 0.05) is 26.3 Å². The zero-order valence-electron chi connectivity index (χ0n) is 13.6. The predicted octanol–water partition coefficient (Wildman–Crippen LogP) is 1.64. The van der Waals surface area contributed by atoms with Crippen molar-refractivity contribution < 1.29 is 9.90 Å². The maximum Gasteiger partial charge on any atom is 0.269 e. The van der Waals surface area contributed by atoms with Crippen molar-refractivity contribution in [2.24, 2.45) is 0 Å². The number of aliphatic hydroxyl groups excluding tert-OH is 1. The summed E-state index contributed by atoms with van der Waals surface area (Å²) in [4.78, 5) is 16.6. The number of amides is 1. The van der Waals surface area contributed by atoms with Gasteiger partial charge < -0.3 is 15.0 Å². The van der Waals surface area contributed by atoms with E-state index in [-0.39, 0.29) is 12.5 Å². The lowest BCUT2D eigenvalue weighted by atomic mass is 9.92. The van der Waals surface area contributed by atoms with E-state index >= 15 is 0 Å². The molecule has 0 saturated heterocycles. The predicted molar refractivity (Wildman–Crippen MR) is 89.2 cm³/mol. The Balaban J connectivity index is 1.74. The van der Waals surface area contributed by atoms with Gasteiger partial charge in [0.05, 0.1) is 12.1 Å². The summed E-state index contributed by atoms with van der Waals surface area (Å²) < 4.78 is 0. The summed E-state index contributed by atoms with van der Waals surface area (Å²) in [5, 5.41) is 13.5. The van der Waals surface area contributed by atoms with Crippen LogP contribution in [0.2, 0.25) is 0 Å². The highest BCUT2D eigenvalue weighted by Gasteiger charge is 2.37. The Bertz CT molecular complexity index is 708. The molecule has 0 aliphatic heterocycles. The van der Waals surface area contributed by atoms with Gasteiger partial charge in [0.2, 0.25) is 0 Å². The van der Waals surface area contributed by atoms with E-state index in [2.05, 4.69) is 22.4 Å². The molecule has 0 bridgehead atoms. The van der Waals surface area contributed by atoms with Gasteiger partial charge in [-0.3, -0.25) is 10.1 Å². The summed E-state index contributed by atoms with van der Waals surface area (Å²) in [6.07, 6.45) is 1.85. The molecule has 5 nitrogen and oxygen atoms in total. The molecule has 23 heavy (non-hydrogen) atoms. The average Bonchev–Trinajstić information content (AvgIpc) is 3.18. The van der Waals surface area contributed by atoms with Crippen LogP contribution < -0.4 is 5.32 Å². The van der Waals surface area contributed by atoms with Gasteiger partial charge in [0.15, 0.2) is 0 Å². The molecule has 5 heteroatoms. The van der Waals surface area contributed by atoms with Gasteiger partial charge in [0.1, 0.15) is 5.69 Å². The van der Waals surface area contributed by atoms with Crippen molar-refractivity contribution in [2.75, 3.05) is 20.7 Å². The molecule has 1 heterocycles. The monoisotopic (exact) mass is 313 g/mol. The van der Waals surface area contributed by atoms with E-state index in [1.165, 1.54) is 11.1 Å². The van der Waals surface area contributed by atoms with E-state index in [4.69, 9.17) is 0 Å². The van der Waals surface area contributed by atoms with Gasteiger partial charge in [0.25, 0.3) is 5.91 Å². The first-order valence-electron chi connectivity index (χ1n) is 7.89. The van der Waals surface area contributed by atoms with Gasteiger partial charge >= 0.3 is 0 Å². The van der Waals surface area contributed by atoms with Gasteiger partial charge in [-0.15, -0.1) is 0 Å². The van der Waals surface area contributed by atoms with Crippen molar-refractivity contribution in [3.8, 4) is 0 Å². The molecule has 1 unspecified atom stereocenters. The number of aromatic nitrogens is 1. The first-order chi connectivity index (χ1) is 11.1. The summed E-state index contributed by atoms with van der Waals surface area (Å²) in [7, 11) is 3.47. The lowest BCUT2D eigenvalue weighted by molar-refractivity contribution is 0.0822. The molecule has 1 aromatic carbocycles. The average molecular weight is 313 g/mol. The fourth-order valence-corrected chi connectivity index (χ4v) is 3.27. The van der Waals surface area contributed by atoms with Gasteiger partial charge in [-0.2, -0.15) is 0 Å².